The molecule has 1 fully saturated rings. The smallest absolute Gasteiger partial charge is 0.335 e. The minimum atomic E-state index is -1.16. The average Bonchev–Trinajstić information content (AvgIpc) is 3.00. The number of hydrogen-bond donors (Lipinski definition) is 2. The molecule has 0 aliphatic carbocycles. The van der Waals surface area contributed by atoms with Gasteiger partial charge in [0, 0.05) is 25.2 Å². The first kappa shape index (κ1) is 16.3. The van der Waals surface area contributed by atoms with Gasteiger partial charge in [-0.05, 0) is 51.1 Å². The number of nitrogens with zero attached hydrogens (tertiary/aromatic N) is 2. The van der Waals surface area contributed by atoms with Crippen molar-refractivity contribution < 1.29 is 19.8 Å². The minimum Gasteiger partial charge on any atom is -0.508 e. The average molecular weight is 306 g/mol. The molecule has 120 valence electrons. The molecule has 0 atom stereocenters. The van der Waals surface area contributed by atoms with Crippen LogP contribution in [0.2, 0.25) is 0 Å². The van der Waals surface area contributed by atoms with Crippen molar-refractivity contribution in [3.8, 4) is 5.75 Å². The second-order valence-electron chi connectivity index (χ2n) is 5.51. The van der Waals surface area contributed by atoms with Gasteiger partial charge < -0.3 is 20.0 Å². The number of phenolic OH excluding ortho intramolecular Hbond substituents is 1. The van der Waals surface area contributed by atoms with Gasteiger partial charge in [-0.25, -0.2) is 4.79 Å². The van der Waals surface area contributed by atoms with E-state index in [-0.39, 0.29) is 22.8 Å². The molecule has 0 unspecified atom stereocenters. The molecule has 6 nitrogen and oxygen atoms in total. The molecule has 1 aliphatic rings. The van der Waals surface area contributed by atoms with E-state index >= 15 is 0 Å². The van der Waals surface area contributed by atoms with Crippen molar-refractivity contribution in [3.63, 3.8) is 0 Å². The molecule has 2 rings (SSSR count). The highest BCUT2D eigenvalue weighted by molar-refractivity contribution is 5.98. The topological polar surface area (TPSA) is 81.1 Å². The van der Waals surface area contributed by atoms with Crippen molar-refractivity contribution in [2.24, 2.45) is 0 Å². The third-order valence-corrected chi connectivity index (χ3v) is 3.97. The highest BCUT2D eigenvalue weighted by atomic mass is 16.4. The molecule has 0 bridgehead atoms. The van der Waals surface area contributed by atoms with Gasteiger partial charge in [0.15, 0.2) is 0 Å². The summed E-state index contributed by atoms with van der Waals surface area (Å²) in [5.41, 5.74) is 0.125. The molecular weight excluding hydrogens is 284 g/mol. The van der Waals surface area contributed by atoms with Crippen LogP contribution in [-0.2, 0) is 0 Å². The van der Waals surface area contributed by atoms with Gasteiger partial charge in [-0.15, -0.1) is 0 Å². The first-order valence-corrected chi connectivity index (χ1v) is 7.60. The molecule has 22 heavy (non-hydrogen) atoms. The van der Waals surface area contributed by atoms with Crippen LogP contribution in [0.25, 0.3) is 0 Å². The maximum atomic E-state index is 12.5. The van der Waals surface area contributed by atoms with E-state index in [0.717, 1.165) is 25.7 Å². The Morgan fingerprint density at radius 1 is 1.18 bits per heavy atom. The number of likely N-dealkylation sites (N-methyl/N-ethyl adjacent to an activating group) is 1. The molecule has 1 aromatic rings. The first-order chi connectivity index (χ1) is 10.5. The Bertz CT molecular complexity index is 553. The molecular formula is C16H22N2O4. The van der Waals surface area contributed by atoms with Crippen molar-refractivity contribution in [3.05, 3.63) is 29.3 Å². The largest absolute Gasteiger partial charge is 0.508 e. The van der Waals surface area contributed by atoms with E-state index in [2.05, 4.69) is 4.90 Å². The van der Waals surface area contributed by atoms with Crippen molar-refractivity contribution >= 4 is 11.9 Å². The molecule has 1 aromatic carbocycles. The zero-order valence-electron chi connectivity index (χ0n) is 12.8. The van der Waals surface area contributed by atoms with Gasteiger partial charge in [-0.1, -0.05) is 0 Å². The monoisotopic (exact) mass is 306 g/mol. The highest BCUT2D eigenvalue weighted by Gasteiger charge is 2.19. The molecule has 1 heterocycles. The summed E-state index contributed by atoms with van der Waals surface area (Å²) in [4.78, 5) is 27.5. The van der Waals surface area contributed by atoms with E-state index < -0.39 is 5.97 Å². The van der Waals surface area contributed by atoms with Crippen LogP contribution in [0.15, 0.2) is 18.2 Å². The summed E-state index contributed by atoms with van der Waals surface area (Å²) in [6.45, 7) is 6.01. The Morgan fingerprint density at radius 3 is 2.41 bits per heavy atom. The van der Waals surface area contributed by atoms with Crippen LogP contribution in [0, 0.1) is 0 Å². The lowest BCUT2D eigenvalue weighted by atomic mass is 10.1. The number of phenols is 1. The second-order valence-corrected chi connectivity index (χ2v) is 5.51. The molecule has 0 radical (unpaired) electrons. The fraction of sp³-hybridized carbons (Fsp3) is 0.500. The van der Waals surface area contributed by atoms with Crippen LogP contribution in [0.4, 0.5) is 0 Å². The van der Waals surface area contributed by atoms with Crippen molar-refractivity contribution in [2.75, 3.05) is 32.7 Å². The number of amides is 1. The molecule has 1 saturated heterocycles. The Hall–Kier alpha value is -2.08. The lowest BCUT2D eigenvalue weighted by Gasteiger charge is -2.24. The quantitative estimate of drug-likeness (QED) is 0.835. The molecule has 0 spiro atoms. The number of carbonyl (C=O) groups is 2. The summed E-state index contributed by atoms with van der Waals surface area (Å²) in [5, 5.41) is 18.6. The normalized spacial score (nSPS) is 15.0. The summed E-state index contributed by atoms with van der Waals surface area (Å²) in [7, 11) is 0. The molecule has 1 aliphatic heterocycles. The standard InChI is InChI=1S/C16H22N2O4/c1-2-18(8-7-17-5-3-4-6-17)15(20)12-9-13(16(21)22)11-14(19)10-12/h9-11,19H,2-8H2,1H3,(H,21,22). The second kappa shape index (κ2) is 7.26. The zero-order chi connectivity index (χ0) is 16.1. The van der Waals surface area contributed by atoms with Gasteiger partial charge in [-0.2, -0.15) is 0 Å². The lowest BCUT2D eigenvalue weighted by molar-refractivity contribution is 0.0696. The number of carbonyl (C=O) groups excluding carboxylic acids is 1. The predicted molar refractivity (Wildman–Crippen MR) is 82.3 cm³/mol. The van der Waals surface area contributed by atoms with E-state index in [1.165, 1.54) is 25.0 Å². The molecule has 1 amide bonds. The van der Waals surface area contributed by atoms with Gasteiger partial charge in [0.05, 0.1) is 5.56 Å². The summed E-state index contributed by atoms with van der Waals surface area (Å²) < 4.78 is 0. The molecule has 0 aromatic heterocycles. The van der Waals surface area contributed by atoms with Gasteiger partial charge in [-0.3, -0.25) is 4.79 Å². The van der Waals surface area contributed by atoms with E-state index in [1.54, 1.807) is 4.90 Å². The van der Waals surface area contributed by atoms with Crippen LogP contribution in [0.3, 0.4) is 0 Å². The Morgan fingerprint density at radius 2 is 1.82 bits per heavy atom. The van der Waals surface area contributed by atoms with Crippen LogP contribution < -0.4 is 0 Å². The molecule has 0 saturated carbocycles. The van der Waals surface area contributed by atoms with Crippen molar-refractivity contribution in [1.82, 2.24) is 9.80 Å². The fourth-order valence-electron chi connectivity index (χ4n) is 2.71. The van der Waals surface area contributed by atoms with Crippen LogP contribution in [0.1, 0.15) is 40.5 Å². The van der Waals surface area contributed by atoms with Gasteiger partial charge >= 0.3 is 5.97 Å². The fourth-order valence-corrected chi connectivity index (χ4v) is 2.71. The van der Waals surface area contributed by atoms with E-state index in [9.17, 15) is 14.7 Å². The Balaban J connectivity index is 2.08. The number of aromatic hydroxyl groups is 1. The van der Waals surface area contributed by atoms with Crippen LogP contribution in [-0.4, -0.2) is 64.6 Å². The number of rotatable bonds is 6. The summed E-state index contributed by atoms with van der Waals surface area (Å²) in [5.74, 6) is -1.62. The zero-order valence-corrected chi connectivity index (χ0v) is 12.8. The minimum absolute atomic E-state index is 0.0843. The van der Waals surface area contributed by atoms with Crippen molar-refractivity contribution in [1.29, 1.82) is 0 Å². The summed E-state index contributed by atoms with van der Waals surface area (Å²) in [6.07, 6.45) is 2.41. The third kappa shape index (κ3) is 3.98. The van der Waals surface area contributed by atoms with E-state index in [1.807, 2.05) is 6.92 Å². The number of likely N-dealkylation sites (tertiary alicyclic amines) is 1. The van der Waals surface area contributed by atoms with E-state index in [4.69, 9.17) is 5.11 Å². The number of carboxylic acid groups (broad SMARTS) is 1. The number of carboxylic acids is 1. The molecule has 6 heteroatoms. The van der Waals surface area contributed by atoms with Gasteiger partial charge in [0.25, 0.3) is 5.91 Å². The van der Waals surface area contributed by atoms with Gasteiger partial charge in [0.1, 0.15) is 5.75 Å². The van der Waals surface area contributed by atoms with Gasteiger partial charge in [0.2, 0.25) is 0 Å². The third-order valence-electron chi connectivity index (χ3n) is 3.97. The Labute approximate surface area is 130 Å². The number of aromatic carboxylic acids is 1. The van der Waals surface area contributed by atoms with E-state index in [0.29, 0.717) is 13.1 Å². The van der Waals surface area contributed by atoms with Crippen molar-refractivity contribution in [2.45, 2.75) is 19.8 Å². The van der Waals surface area contributed by atoms with Crippen LogP contribution >= 0.6 is 0 Å². The first-order valence-electron chi connectivity index (χ1n) is 7.60. The number of hydrogen-bond acceptors (Lipinski definition) is 4. The summed E-state index contributed by atoms with van der Waals surface area (Å²) >= 11 is 0. The molecule has 2 N–H and O–H groups in total. The Kier molecular flexibility index (Phi) is 5.38. The lowest BCUT2D eigenvalue weighted by Crippen LogP contribution is -2.37. The maximum absolute atomic E-state index is 12.5. The maximum Gasteiger partial charge on any atom is 0.335 e. The predicted octanol–water partition coefficient (Wildman–Crippen LogP) is 1.65. The summed E-state index contributed by atoms with van der Waals surface area (Å²) in [6, 6.07) is 3.76. The van der Waals surface area contributed by atoms with Crippen LogP contribution in [0.5, 0.6) is 5.75 Å². The highest BCUT2D eigenvalue weighted by Crippen LogP contribution is 2.18. The SMILES string of the molecule is CCN(CCN1CCCC1)C(=O)c1cc(O)cc(C(=O)O)c1. The number of benzene rings is 1.